The Labute approximate surface area is 115 Å². The molecule has 0 atom stereocenters. The lowest BCUT2D eigenvalue weighted by atomic mass is 10.1. The van der Waals surface area contributed by atoms with Crippen molar-refractivity contribution in [3.05, 3.63) is 63.9 Å². The second kappa shape index (κ2) is 5.68. The van der Waals surface area contributed by atoms with Crippen LogP contribution in [0.5, 0.6) is 0 Å². The molecular weight excluding hydrogens is 267 g/mol. The van der Waals surface area contributed by atoms with Gasteiger partial charge >= 0.3 is 0 Å². The van der Waals surface area contributed by atoms with Crippen LogP contribution in [0.25, 0.3) is 11.6 Å². The third kappa shape index (κ3) is 2.89. The maximum atomic E-state index is 9.16. The molecule has 0 aliphatic rings. The number of rotatable bonds is 2. The summed E-state index contributed by atoms with van der Waals surface area (Å²) in [5, 5.41) is 10.2. The monoisotopic (exact) mass is 274 g/mol. The van der Waals surface area contributed by atoms with Crippen LogP contribution in [0.4, 0.5) is 0 Å². The lowest BCUT2D eigenvalue weighted by molar-refractivity contribution is 1.28. The highest BCUT2D eigenvalue weighted by Crippen LogP contribution is 2.24. The van der Waals surface area contributed by atoms with Crippen molar-refractivity contribution >= 4 is 34.9 Å². The number of nitriles is 1. The number of hydrogen-bond acceptors (Lipinski definition) is 2. The maximum Gasteiger partial charge on any atom is 0.101 e. The van der Waals surface area contributed by atoms with Crippen LogP contribution >= 0.6 is 23.2 Å². The second-order valence-electron chi connectivity index (χ2n) is 3.55. The van der Waals surface area contributed by atoms with E-state index in [1.165, 1.54) is 0 Å². The molecule has 0 radical (unpaired) electrons. The van der Waals surface area contributed by atoms with E-state index in [4.69, 9.17) is 28.5 Å². The molecule has 0 amide bonds. The SMILES string of the molecule is N#C/C(=C\c1ccc(Cl)cc1Cl)c1ccccn1. The predicted octanol–water partition coefficient (Wildman–Crippen LogP) is 4.45. The Kier molecular flexibility index (Phi) is 3.99. The molecule has 0 unspecified atom stereocenters. The van der Waals surface area contributed by atoms with Crippen molar-refractivity contribution in [1.82, 2.24) is 4.98 Å². The number of pyridine rings is 1. The van der Waals surface area contributed by atoms with Gasteiger partial charge in [-0.2, -0.15) is 5.26 Å². The summed E-state index contributed by atoms with van der Waals surface area (Å²) in [5.41, 5.74) is 1.81. The van der Waals surface area contributed by atoms with Crippen molar-refractivity contribution in [3.8, 4) is 6.07 Å². The van der Waals surface area contributed by atoms with Crippen LogP contribution < -0.4 is 0 Å². The quantitative estimate of drug-likeness (QED) is 0.759. The Morgan fingerprint density at radius 3 is 2.67 bits per heavy atom. The summed E-state index contributed by atoms with van der Waals surface area (Å²) in [4.78, 5) is 4.13. The van der Waals surface area contributed by atoms with Gasteiger partial charge in [0.05, 0.1) is 11.3 Å². The van der Waals surface area contributed by atoms with E-state index in [2.05, 4.69) is 11.1 Å². The summed E-state index contributed by atoms with van der Waals surface area (Å²) in [6.45, 7) is 0. The number of hydrogen-bond donors (Lipinski definition) is 0. The van der Waals surface area contributed by atoms with Gasteiger partial charge in [0.2, 0.25) is 0 Å². The van der Waals surface area contributed by atoms with Gasteiger partial charge in [0.1, 0.15) is 6.07 Å². The minimum atomic E-state index is 0.458. The molecule has 1 heterocycles. The molecule has 0 aliphatic carbocycles. The average Bonchev–Trinajstić information content (AvgIpc) is 2.39. The van der Waals surface area contributed by atoms with Crippen molar-refractivity contribution in [2.45, 2.75) is 0 Å². The van der Waals surface area contributed by atoms with Crippen molar-refractivity contribution in [2.24, 2.45) is 0 Å². The first-order chi connectivity index (χ1) is 8.70. The lowest BCUT2D eigenvalue weighted by Gasteiger charge is -2.01. The first-order valence-electron chi connectivity index (χ1n) is 5.19. The summed E-state index contributed by atoms with van der Waals surface area (Å²) in [5.74, 6) is 0. The standard InChI is InChI=1S/C14H8Cl2N2/c15-12-5-4-10(13(16)8-12)7-11(9-17)14-3-1-2-6-18-14/h1-8H/b11-7+. The number of benzene rings is 1. The van der Waals surface area contributed by atoms with E-state index in [1.807, 2.05) is 6.07 Å². The summed E-state index contributed by atoms with van der Waals surface area (Å²) in [6.07, 6.45) is 3.34. The van der Waals surface area contributed by atoms with Gasteiger partial charge in [-0.15, -0.1) is 0 Å². The van der Waals surface area contributed by atoms with E-state index in [9.17, 15) is 0 Å². The molecule has 0 spiro atoms. The molecule has 2 aromatic rings. The van der Waals surface area contributed by atoms with Gasteiger partial charge in [-0.1, -0.05) is 35.3 Å². The highest BCUT2D eigenvalue weighted by atomic mass is 35.5. The predicted molar refractivity (Wildman–Crippen MR) is 74.2 cm³/mol. The minimum Gasteiger partial charge on any atom is -0.256 e. The molecule has 0 saturated carbocycles. The first kappa shape index (κ1) is 12.6. The molecule has 0 aliphatic heterocycles. The largest absolute Gasteiger partial charge is 0.256 e. The second-order valence-corrected chi connectivity index (χ2v) is 4.39. The van der Waals surface area contributed by atoms with E-state index in [0.717, 1.165) is 5.56 Å². The molecule has 1 aromatic carbocycles. The van der Waals surface area contributed by atoms with Crippen molar-refractivity contribution in [1.29, 1.82) is 5.26 Å². The van der Waals surface area contributed by atoms with Gasteiger partial charge in [0.15, 0.2) is 0 Å². The molecule has 0 bridgehead atoms. The van der Waals surface area contributed by atoms with Gasteiger partial charge < -0.3 is 0 Å². The molecule has 2 rings (SSSR count). The summed E-state index contributed by atoms with van der Waals surface area (Å²) >= 11 is 11.9. The van der Waals surface area contributed by atoms with Crippen LogP contribution in [0, 0.1) is 11.3 Å². The molecule has 0 saturated heterocycles. The van der Waals surface area contributed by atoms with Crippen molar-refractivity contribution < 1.29 is 0 Å². The normalized spacial score (nSPS) is 11.1. The molecule has 1 aromatic heterocycles. The zero-order valence-electron chi connectivity index (χ0n) is 9.27. The van der Waals surface area contributed by atoms with E-state index in [1.54, 1.807) is 42.6 Å². The Morgan fingerprint density at radius 2 is 2.06 bits per heavy atom. The number of nitrogens with zero attached hydrogens (tertiary/aromatic N) is 2. The number of allylic oxidation sites excluding steroid dienone is 1. The van der Waals surface area contributed by atoms with Crippen LogP contribution in [-0.2, 0) is 0 Å². The highest BCUT2D eigenvalue weighted by Gasteiger charge is 2.04. The van der Waals surface area contributed by atoms with Gasteiger partial charge in [0, 0.05) is 16.2 Å². The molecule has 0 fully saturated rings. The fourth-order valence-electron chi connectivity index (χ4n) is 1.46. The molecule has 4 heteroatoms. The van der Waals surface area contributed by atoms with Gasteiger partial charge in [-0.25, -0.2) is 0 Å². The van der Waals surface area contributed by atoms with Crippen LogP contribution in [0.15, 0.2) is 42.6 Å². The van der Waals surface area contributed by atoms with Gasteiger partial charge in [-0.05, 0) is 35.9 Å². The Morgan fingerprint density at radius 1 is 1.22 bits per heavy atom. The lowest BCUT2D eigenvalue weighted by Crippen LogP contribution is -1.86. The molecule has 18 heavy (non-hydrogen) atoms. The third-order valence-electron chi connectivity index (χ3n) is 2.32. The van der Waals surface area contributed by atoms with Crippen molar-refractivity contribution in [2.75, 3.05) is 0 Å². The fraction of sp³-hybridized carbons (Fsp3) is 0. The van der Waals surface area contributed by atoms with Crippen LogP contribution in [0.2, 0.25) is 10.0 Å². The number of halogens is 2. The molecule has 0 N–H and O–H groups in total. The average molecular weight is 275 g/mol. The minimum absolute atomic E-state index is 0.458. The summed E-state index contributed by atoms with van der Waals surface area (Å²) in [7, 11) is 0. The summed E-state index contributed by atoms with van der Waals surface area (Å²) in [6, 6.07) is 12.7. The van der Waals surface area contributed by atoms with Crippen LogP contribution in [0.3, 0.4) is 0 Å². The Bertz CT molecular complexity index is 628. The molecular formula is C14H8Cl2N2. The smallest absolute Gasteiger partial charge is 0.101 e. The first-order valence-corrected chi connectivity index (χ1v) is 5.94. The van der Waals surface area contributed by atoms with Crippen LogP contribution in [0.1, 0.15) is 11.3 Å². The van der Waals surface area contributed by atoms with Crippen LogP contribution in [-0.4, -0.2) is 4.98 Å². The van der Waals surface area contributed by atoms with Crippen molar-refractivity contribution in [3.63, 3.8) is 0 Å². The zero-order valence-corrected chi connectivity index (χ0v) is 10.8. The Hall–Kier alpha value is -1.82. The molecule has 88 valence electrons. The van der Waals surface area contributed by atoms with E-state index in [-0.39, 0.29) is 0 Å². The van der Waals surface area contributed by atoms with Gasteiger partial charge in [-0.3, -0.25) is 4.98 Å². The highest BCUT2D eigenvalue weighted by molar-refractivity contribution is 6.35. The van der Waals surface area contributed by atoms with Gasteiger partial charge in [0.25, 0.3) is 0 Å². The summed E-state index contributed by atoms with van der Waals surface area (Å²) < 4.78 is 0. The van der Waals surface area contributed by atoms with E-state index >= 15 is 0 Å². The molecule has 2 nitrogen and oxygen atoms in total. The fourth-order valence-corrected chi connectivity index (χ4v) is 1.92. The van der Waals surface area contributed by atoms with E-state index in [0.29, 0.717) is 21.3 Å². The van der Waals surface area contributed by atoms with E-state index < -0.39 is 0 Å². The maximum absolute atomic E-state index is 9.16. The number of aromatic nitrogens is 1. The zero-order chi connectivity index (χ0) is 13.0. The Balaban J connectivity index is 2.45. The third-order valence-corrected chi connectivity index (χ3v) is 2.89. The topological polar surface area (TPSA) is 36.7 Å².